The van der Waals surface area contributed by atoms with Gasteiger partial charge in [0.2, 0.25) is 29.5 Å². The Hall–Kier alpha value is -16.3. The fraction of sp³-hybridized carbons (Fsp3) is 0.163. The van der Waals surface area contributed by atoms with Crippen molar-refractivity contribution in [3.63, 3.8) is 0 Å². The third-order valence-electron chi connectivity index (χ3n) is 20.9. The van der Waals surface area contributed by atoms with E-state index in [1.54, 1.807) is 103 Å². The van der Waals surface area contributed by atoms with E-state index in [9.17, 15) is 58.2 Å². The molecular weight excluding hydrogens is 1620 g/mol. The number of hydrogen-bond donors (Lipinski definition) is 11. The van der Waals surface area contributed by atoms with Gasteiger partial charge in [-0.05, 0) is 292 Å². The van der Waals surface area contributed by atoms with Crippen molar-refractivity contribution in [2.24, 2.45) is 22.9 Å². The number of anilines is 1. The number of amides is 5. The fourth-order valence-electron chi connectivity index (χ4n) is 14.8. The summed E-state index contributed by atoms with van der Waals surface area (Å²) in [7, 11) is 0. The molecule has 0 bridgehead atoms. The first-order valence-corrected chi connectivity index (χ1v) is 40.1. The van der Waals surface area contributed by atoms with E-state index >= 15 is 0 Å². The number of aromatic nitrogens is 6. The largest absolute Gasteiger partial charge is 0.482 e. The molecule has 6 heterocycles. The highest BCUT2D eigenvalue weighted by Gasteiger charge is 2.23. The first kappa shape index (κ1) is 91.4. The van der Waals surface area contributed by atoms with Crippen molar-refractivity contribution >= 4 is 65.1 Å². The highest BCUT2D eigenvalue weighted by Crippen LogP contribution is 2.38. The molecule has 0 saturated carbocycles. The first-order chi connectivity index (χ1) is 60.7. The Morgan fingerprint density at radius 1 is 0.370 bits per heavy atom. The third kappa shape index (κ3) is 22.9. The zero-order valence-corrected chi connectivity index (χ0v) is 70.2. The molecule has 6 aromatic heterocycles. The minimum Gasteiger partial charge on any atom is -0.482 e. The zero-order chi connectivity index (χ0) is 91.4. The predicted molar refractivity (Wildman–Crippen MR) is 479 cm³/mol. The molecular formula is C98H93N11O18. The van der Waals surface area contributed by atoms with E-state index < -0.39 is 72.6 Å². The van der Waals surface area contributed by atoms with Crippen LogP contribution in [0.1, 0.15) is 124 Å². The van der Waals surface area contributed by atoms with Crippen LogP contribution in [0.3, 0.4) is 0 Å². The molecule has 0 fully saturated rings. The van der Waals surface area contributed by atoms with Gasteiger partial charge in [-0.25, -0.2) is 4.79 Å². The number of nitrogens with one attached hydrogen (secondary N) is 1. The number of carbonyl (C=O) groups is 10. The van der Waals surface area contributed by atoms with E-state index in [2.05, 4.69) is 20.0 Å². The van der Waals surface area contributed by atoms with E-state index in [1.807, 2.05) is 195 Å². The first-order valence-electron chi connectivity index (χ1n) is 40.1. The monoisotopic (exact) mass is 1710 g/mol. The van der Waals surface area contributed by atoms with Gasteiger partial charge < -0.3 is 86.4 Å². The summed E-state index contributed by atoms with van der Waals surface area (Å²) in [5.74, 6) is -5.86. The van der Waals surface area contributed by atoms with Crippen LogP contribution in [0.4, 0.5) is 5.69 Å². The molecule has 8 aromatic carbocycles. The van der Waals surface area contributed by atoms with Crippen LogP contribution in [-0.4, -0.2) is 132 Å². The Balaban J connectivity index is 0.000000164. The lowest BCUT2D eigenvalue weighted by atomic mass is 10.0. The van der Waals surface area contributed by atoms with Gasteiger partial charge in [0.25, 0.3) is 0 Å². The molecule has 0 spiro atoms. The molecule has 14 aromatic rings. The normalized spacial score (nSPS) is 10.8. The summed E-state index contributed by atoms with van der Waals surface area (Å²) in [6.45, 7) is 10.3. The average molecular weight is 1710 g/mol. The molecule has 29 nitrogen and oxygen atoms in total. The molecule has 0 aliphatic heterocycles. The second-order valence-electron chi connectivity index (χ2n) is 29.8. The Morgan fingerprint density at radius 2 is 0.685 bits per heavy atom. The predicted octanol–water partition coefficient (Wildman–Crippen LogP) is 15.0. The highest BCUT2D eigenvalue weighted by molar-refractivity contribution is 5.96. The topological polar surface area (TPSA) is 476 Å². The van der Waals surface area contributed by atoms with Gasteiger partial charge in [0.15, 0.2) is 6.61 Å². The van der Waals surface area contributed by atoms with Gasteiger partial charge in [0.05, 0.1) is 54.2 Å². The van der Waals surface area contributed by atoms with Crippen LogP contribution in [0.15, 0.2) is 247 Å². The Morgan fingerprint density at radius 3 is 0.961 bits per heavy atom. The van der Waals surface area contributed by atoms with Gasteiger partial charge in [-0.2, -0.15) is 0 Å². The number of aliphatic hydroxyl groups is 1. The number of aliphatic hydroxyl groups excluding tert-OH is 1. The highest BCUT2D eigenvalue weighted by atomic mass is 16.5. The lowest BCUT2D eigenvalue weighted by molar-refractivity contribution is -0.139. The van der Waals surface area contributed by atoms with Crippen molar-refractivity contribution in [2.45, 2.75) is 92.9 Å². The minimum atomic E-state index is -1.06. The molecule has 648 valence electrons. The lowest BCUT2D eigenvalue weighted by Gasteiger charge is -2.17. The average Bonchev–Trinajstić information content (AvgIpc) is 1.67. The molecule has 5 amide bonds. The maximum Gasteiger partial charge on any atom is 0.341 e. The number of carboxylic acid groups (broad SMARTS) is 5. The summed E-state index contributed by atoms with van der Waals surface area (Å²) in [5, 5.41) is 60.9. The van der Waals surface area contributed by atoms with Crippen molar-refractivity contribution in [1.82, 2.24) is 28.4 Å². The number of aliphatic carboxylic acids is 5. The van der Waals surface area contributed by atoms with Gasteiger partial charge in [-0.3, -0.25) is 48.1 Å². The van der Waals surface area contributed by atoms with Gasteiger partial charge in [0.1, 0.15) is 18.1 Å². The second-order valence-corrected chi connectivity index (χ2v) is 29.8. The number of rotatable bonds is 31. The standard InChI is InChI=1S/C26H25N3O4.C26H23N3O3.C23H23N3O5.C23H22N2O6/c1-15-14-20(26(27)32)8-11-22(15)29-21(10-13-24(30)31)9-12-23(29)18-4-6-19(7-5-18)25-16(2)28-33-17(25)3;1-17-15-20(26(27)32)8-11-23(17)29-22(10-13-25(30)31)9-12-24(29)19-6-4-18(5-7-19)21-3-2-14-28-16-21;1-14-12-16(23(24)31)4-9-19(14)26-18(8-11-22(29)30)7-10-20(26)15-2-5-17(6-3-15)25-21(28)13-27;1-14-12-16(23(24)30)4-9-19(14)25-17(6-11-21(26)27)5-10-20(25)15-2-7-18(8-3-15)31-13-22(28)29/h4-9,11-12,14H,10,13H2,1-3H3,(H2,27,32)(H,30,31);2-9,11-12,14-16H,10,13H2,1H3,(H2,27,32)(H,30,31);2-7,9-10,12,27H,8,11,13H2,1H3,(H2,24,31)(H,25,28)(H,29,30);2-5,7-10,12H,6,11,13H2,1H3,(H2,24,30)(H,26,27)(H,28,29). The van der Waals surface area contributed by atoms with Crippen LogP contribution < -0.4 is 33.0 Å². The summed E-state index contributed by atoms with van der Waals surface area (Å²) in [6, 6.07) is 70.6. The molecule has 0 atom stereocenters. The fourth-order valence-corrected chi connectivity index (χ4v) is 14.8. The number of hydrogen-bond acceptors (Lipinski definition) is 15. The Bertz CT molecular complexity index is 6420. The summed E-state index contributed by atoms with van der Waals surface area (Å²) in [5.41, 5.74) is 46.1. The minimum absolute atomic E-state index is 0.0198. The second kappa shape index (κ2) is 41.5. The maximum atomic E-state index is 11.6. The van der Waals surface area contributed by atoms with Crippen LogP contribution in [0.5, 0.6) is 5.75 Å². The third-order valence-corrected chi connectivity index (χ3v) is 20.9. The quantitative estimate of drug-likeness (QED) is 0.0192. The van der Waals surface area contributed by atoms with Gasteiger partial charge >= 0.3 is 29.8 Å². The van der Waals surface area contributed by atoms with Crippen LogP contribution >= 0.6 is 0 Å². The zero-order valence-electron chi connectivity index (χ0n) is 70.2. The van der Waals surface area contributed by atoms with Crippen LogP contribution in [0.25, 0.3) is 90.0 Å². The summed E-state index contributed by atoms with van der Waals surface area (Å²) in [4.78, 5) is 117. The molecule has 29 heteroatoms. The summed E-state index contributed by atoms with van der Waals surface area (Å²) >= 11 is 0. The van der Waals surface area contributed by atoms with E-state index in [4.69, 9.17) is 52.6 Å². The molecule has 127 heavy (non-hydrogen) atoms. The SMILES string of the molecule is Cc1cc(C(N)=O)ccc1-n1c(CCC(=O)O)ccc1-c1ccc(-c2c(C)noc2C)cc1.Cc1cc(C(N)=O)ccc1-n1c(CCC(=O)O)ccc1-c1ccc(-c2cccnc2)cc1.Cc1cc(C(N)=O)ccc1-n1c(CCC(=O)O)ccc1-c1ccc(NC(=O)CO)cc1.Cc1cc(C(N)=O)ccc1-n1c(CCC(=O)O)ccc1-c1ccc(OCC(=O)O)cc1. The molecule has 0 radical (unpaired) electrons. The number of carboxylic acids is 5. The van der Waals surface area contributed by atoms with Crippen molar-refractivity contribution in [1.29, 1.82) is 0 Å². The van der Waals surface area contributed by atoms with E-state index in [0.29, 0.717) is 59.4 Å². The van der Waals surface area contributed by atoms with Crippen molar-refractivity contribution in [3.8, 4) is 95.8 Å². The van der Waals surface area contributed by atoms with Gasteiger partial charge in [0, 0.05) is 91.4 Å². The number of nitrogens with two attached hydrogens (primary N) is 4. The number of primary amides is 4. The number of nitrogens with zero attached hydrogens (tertiary/aromatic N) is 6. The maximum absolute atomic E-state index is 11.6. The van der Waals surface area contributed by atoms with Crippen molar-refractivity contribution in [3.05, 3.63) is 322 Å². The summed E-state index contributed by atoms with van der Waals surface area (Å²) < 4.78 is 18.5. The molecule has 0 aliphatic carbocycles. The van der Waals surface area contributed by atoms with Gasteiger partial charge in [-0.1, -0.05) is 71.9 Å². The number of carbonyl (C=O) groups excluding carboxylic acids is 5. The van der Waals surface area contributed by atoms with Gasteiger partial charge in [-0.15, -0.1) is 0 Å². The number of aryl methyl sites for hydroxylation is 10. The number of ether oxygens (including phenoxy) is 1. The summed E-state index contributed by atoms with van der Waals surface area (Å²) in [6.07, 6.45) is 5.00. The molecule has 15 N–H and O–H groups in total. The Kier molecular flexibility index (Phi) is 29.9. The lowest BCUT2D eigenvalue weighted by Crippen LogP contribution is -2.15. The molecule has 0 saturated heterocycles. The molecule has 0 unspecified atom stereocenters. The molecule has 0 aliphatic rings. The number of pyridine rings is 1. The van der Waals surface area contributed by atoms with Crippen LogP contribution in [0, 0.1) is 41.5 Å². The van der Waals surface area contributed by atoms with Crippen LogP contribution in [-0.2, 0) is 54.5 Å². The van der Waals surface area contributed by atoms with E-state index in [0.717, 1.165) is 147 Å². The van der Waals surface area contributed by atoms with Crippen molar-refractivity contribution < 1.29 is 87.8 Å². The Labute approximate surface area is 729 Å². The molecule has 14 rings (SSSR count). The number of benzene rings is 8. The van der Waals surface area contributed by atoms with Crippen molar-refractivity contribution in [2.75, 3.05) is 18.5 Å². The van der Waals surface area contributed by atoms with Crippen LogP contribution in [0.2, 0.25) is 0 Å². The van der Waals surface area contributed by atoms with E-state index in [1.165, 1.54) is 0 Å². The smallest absolute Gasteiger partial charge is 0.341 e. The van der Waals surface area contributed by atoms with E-state index in [-0.39, 0.29) is 25.7 Å².